The Morgan fingerprint density at radius 1 is 0.893 bits per heavy atom. The average molecular weight is 388 g/mol. The molecule has 0 radical (unpaired) electrons. The lowest BCUT2D eigenvalue weighted by atomic mass is 9.93. The zero-order valence-corrected chi connectivity index (χ0v) is 16.5. The number of hydrogen-bond acceptors (Lipinski definition) is 3. The number of anilines is 1. The number of hydrogen-bond donors (Lipinski definition) is 1. The van der Waals surface area contributed by atoms with Gasteiger partial charge in [-0.2, -0.15) is 5.26 Å². The van der Waals surface area contributed by atoms with E-state index >= 15 is 0 Å². The molecule has 0 aliphatic carbocycles. The highest BCUT2D eigenvalue weighted by Gasteiger charge is 2.18. The highest BCUT2D eigenvalue weighted by molar-refractivity contribution is 7.92. The molecule has 0 unspecified atom stereocenters. The molecule has 0 heterocycles. The van der Waals surface area contributed by atoms with E-state index in [1.54, 1.807) is 36.4 Å². The van der Waals surface area contributed by atoms with Crippen LogP contribution in [0.5, 0.6) is 0 Å². The topological polar surface area (TPSA) is 70.0 Å². The second-order valence-electron chi connectivity index (χ2n) is 6.47. The molecule has 0 fully saturated rings. The van der Waals surface area contributed by atoms with Gasteiger partial charge in [-0.1, -0.05) is 60.2 Å². The monoisotopic (exact) mass is 388 g/mol. The van der Waals surface area contributed by atoms with E-state index in [2.05, 4.69) is 10.8 Å². The molecule has 0 atom stereocenters. The minimum absolute atomic E-state index is 0.189. The van der Waals surface area contributed by atoms with Crippen molar-refractivity contribution in [3.8, 4) is 6.07 Å². The van der Waals surface area contributed by atoms with Gasteiger partial charge in [0.2, 0.25) is 0 Å². The van der Waals surface area contributed by atoms with Crippen molar-refractivity contribution in [2.24, 2.45) is 0 Å². The average Bonchev–Trinajstić information content (AvgIpc) is 2.67. The summed E-state index contributed by atoms with van der Waals surface area (Å²) in [6.07, 6.45) is 1.45. The maximum Gasteiger partial charge on any atom is 0.261 e. The fourth-order valence-corrected chi connectivity index (χ4v) is 4.05. The highest BCUT2D eigenvalue weighted by Crippen LogP contribution is 2.32. The SMILES string of the molecule is Cc1ccc(S(=O)(=O)Nc2ccccc2/C(=C/C#N)c2ccccc2C)cc1. The Morgan fingerprint density at radius 3 is 2.14 bits per heavy atom. The molecular formula is C23H20N2O2S. The van der Waals surface area contributed by atoms with Gasteiger partial charge in [0.1, 0.15) is 0 Å². The molecule has 0 bridgehead atoms. The number of nitrogens with zero attached hydrogens (tertiary/aromatic N) is 1. The maximum atomic E-state index is 12.9. The second kappa shape index (κ2) is 8.12. The first kappa shape index (κ1) is 19.4. The van der Waals surface area contributed by atoms with Crippen molar-refractivity contribution in [3.05, 3.63) is 101 Å². The normalized spacial score (nSPS) is 11.7. The third-order valence-corrected chi connectivity index (χ3v) is 5.82. The fourth-order valence-electron chi connectivity index (χ4n) is 2.97. The van der Waals surface area contributed by atoms with E-state index in [1.165, 1.54) is 6.08 Å². The third kappa shape index (κ3) is 4.13. The number of allylic oxidation sites excluding steroid dienone is 1. The van der Waals surface area contributed by atoms with Crippen LogP contribution in [0.4, 0.5) is 5.69 Å². The molecule has 3 rings (SSSR count). The lowest BCUT2D eigenvalue weighted by Crippen LogP contribution is -2.14. The summed E-state index contributed by atoms with van der Waals surface area (Å²) in [5.74, 6) is 0. The summed E-state index contributed by atoms with van der Waals surface area (Å²) >= 11 is 0. The number of nitriles is 1. The molecule has 0 saturated carbocycles. The van der Waals surface area contributed by atoms with Crippen molar-refractivity contribution in [2.45, 2.75) is 18.7 Å². The van der Waals surface area contributed by atoms with Gasteiger partial charge >= 0.3 is 0 Å². The number of benzene rings is 3. The molecule has 3 aromatic rings. The van der Waals surface area contributed by atoms with Crippen LogP contribution in [0.1, 0.15) is 22.3 Å². The molecular weight excluding hydrogens is 368 g/mol. The van der Waals surface area contributed by atoms with Crippen LogP contribution in [-0.4, -0.2) is 8.42 Å². The van der Waals surface area contributed by atoms with Crippen LogP contribution in [0.25, 0.3) is 5.57 Å². The Bertz CT molecular complexity index is 1170. The van der Waals surface area contributed by atoms with Gasteiger partial charge in [0, 0.05) is 17.2 Å². The van der Waals surface area contributed by atoms with E-state index in [0.717, 1.165) is 16.7 Å². The van der Waals surface area contributed by atoms with Crippen LogP contribution in [0.3, 0.4) is 0 Å². The van der Waals surface area contributed by atoms with Crippen molar-refractivity contribution >= 4 is 21.3 Å². The minimum Gasteiger partial charge on any atom is -0.279 e. The summed E-state index contributed by atoms with van der Waals surface area (Å²) in [7, 11) is -3.75. The molecule has 1 N–H and O–H groups in total. The first-order valence-electron chi connectivity index (χ1n) is 8.77. The van der Waals surface area contributed by atoms with Gasteiger partial charge in [0.15, 0.2) is 0 Å². The third-order valence-electron chi connectivity index (χ3n) is 4.44. The van der Waals surface area contributed by atoms with Crippen molar-refractivity contribution in [3.63, 3.8) is 0 Å². The summed E-state index contributed by atoms with van der Waals surface area (Å²) in [5.41, 5.74) is 4.61. The Labute approximate surface area is 165 Å². The summed E-state index contributed by atoms with van der Waals surface area (Å²) in [4.78, 5) is 0.189. The predicted octanol–water partition coefficient (Wildman–Crippen LogP) is 5.06. The molecule has 0 aliphatic rings. The lowest BCUT2D eigenvalue weighted by molar-refractivity contribution is 0.601. The van der Waals surface area contributed by atoms with Gasteiger partial charge < -0.3 is 0 Å². The summed E-state index contributed by atoms with van der Waals surface area (Å²) in [6, 6.07) is 23.5. The van der Waals surface area contributed by atoms with Gasteiger partial charge in [-0.05, 0) is 43.2 Å². The van der Waals surface area contributed by atoms with E-state index in [-0.39, 0.29) is 4.90 Å². The number of para-hydroxylation sites is 1. The van der Waals surface area contributed by atoms with Gasteiger partial charge in [-0.15, -0.1) is 0 Å². The van der Waals surface area contributed by atoms with E-state index in [0.29, 0.717) is 16.8 Å². The van der Waals surface area contributed by atoms with Crippen LogP contribution < -0.4 is 4.72 Å². The second-order valence-corrected chi connectivity index (χ2v) is 8.15. The van der Waals surface area contributed by atoms with Crippen LogP contribution in [0, 0.1) is 25.2 Å². The molecule has 3 aromatic carbocycles. The quantitative estimate of drug-likeness (QED) is 0.621. The zero-order chi connectivity index (χ0) is 20.1. The standard InChI is InChI=1S/C23H20N2O2S/c1-17-11-13-19(14-12-17)28(26,27)25-23-10-6-5-9-22(23)21(15-16-24)20-8-4-3-7-18(20)2/h3-15,25H,1-2H3/b21-15+. The number of aryl methyl sites for hydroxylation is 2. The molecule has 4 nitrogen and oxygen atoms in total. The lowest BCUT2D eigenvalue weighted by Gasteiger charge is -2.16. The first-order chi connectivity index (χ1) is 13.4. The number of sulfonamides is 1. The van der Waals surface area contributed by atoms with Crippen LogP contribution in [-0.2, 0) is 10.0 Å². The Balaban J connectivity index is 2.08. The number of rotatable bonds is 5. The Morgan fingerprint density at radius 2 is 1.50 bits per heavy atom. The van der Waals surface area contributed by atoms with Gasteiger partial charge in [0.25, 0.3) is 10.0 Å². The first-order valence-corrected chi connectivity index (χ1v) is 10.3. The van der Waals surface area contributed by atoms with Crippen LogP contribution >= 0.6 is 0 Å². The van der Waals surface area contributed by atoms with Crippen molar-refractivity contribution in [1.82, 2.24) is 0 Å². The van der Waals surface area contributed by atoms with Crippen molar-refractivity contribution in [2.75, 3.05) is 4.72 Å². The minimum atomic E-state index is -3.75. The van der Waals surface area contributed by atoms with E-state index in [9.17, 15) is 13.7 Å². The van der Waals surface area contributed by atoms with Crippen LogP contribution in [0.2, 0.25) is 0 Å². The van der Waals surface area contributed by atoms with Crippen LogP contribution in [0.15, 0.2) is 83.8 Å². The smallest absolute Gasteiger partial charge is 0.261 e. The molecule has 0 spiro atoms. The van der Waals surface area contributed by atoms with Crippen molar-refractivity contribution < 1.29 is 8.42 Å². The predicted molar refractivity (Wildman–Crippen MR) is 112 cm³/mol. The zero-order valence-electron chi connectivity index (χ0n) is 15.7. The molecule has 0 saturated heterocycles. The Kier molecular flexibility index (Phi) is 5.62. The maximum absolute atomic E-state index is 12.9. The van der Waals surface area contributed by atoms with Gasteiger partial charge in [-0.25, -0.2) is 8.42 Å². The molecule has 0 aliphatic heterocycles. The molecule has 28 heavy (non-hydrogen) atoms. The summed E-state index contributed by atoms with van der Waals surface area (Å²) < 4.78 is 28.4. The van der Waals surface area contributed by atoms with E-state index < -0.39 is 10.0 Å². The number of nitrogens with one attached hydrogen (secondary N) is 1. The van der Waals surface area contributed by atoms with E-state index in [1.807, 2.05) is 50.2 Å². The Hall–Kier alpha value is -3.36. The van der Waals surface area contributed by atoms with Crippen molar-refractivity contribution in [1.29, 1.82) is 5.26 Å². The molecule has 5 heteroatoms. The van der Waals surface area contributed by atoms with E-state index in [4.69, 9.17) is 0 Å². The molecule has 0 aromatic heterocycles. The highest BCUT2D eigenvalue weighted by atomic mass is 32.2. The summed E-state index contributed by atoms with van der Waals surface area (Å²) in [5, 5.41) is 9.31. The molecule has 140 valence electrons. The molecule has 0 amide bonds. The largest absolute Gasteiger partial charge is 0.279 e. The van der Waals surface area contributed by atoms with Gasteiger partial charge in [-0.3, -0.25) is 4.72 Å². The summed E-state index contributed by atoms with van der Waals surface area (Å²) in [6.45, 7) is 3.86. The van der Waals surface area contributed by atoms with Gasteiger partial charge in [0.05, 0.1) is 16.7 Å². The fraction of sp³-hybridized carbons (Fsp3) is 0.0870.